The van der Waals surface area contributed by atoms with Crippen LogP contribution >= 0.6 is 0 Å². The van der Waals surface area contributed by atoms with Crippen LogP contribution in [0.1, 0.15) is 63.9 Å². The third-order valence-corrected chi connectivity index (χ3v) is 9.41. The molecule has 8 nitrogen and oxygen atoms in total. The Morgan fingerprint density at radius 3 is 1.85 bits per heavy atom. The molecule has 4 aromatic carbocycles. The van der Waals surface area contributed by atoms with Gasteiger partial charge < -0.3 is 9.80 Å². The van der Waals surface area contributed by atoms with Crippen molar-refractivity contribution in [2.75, 3.05) is 24.5 Å². The van der Waals surface area contributed by atoms with E-state index in [0.717, 1.165) is 84.6 Å². The third-order valence-electron chi connectivity index (χ3n) is 9.41. The van der Waals surface area contributed by atoms with Crippen molar-refractivity contribution in [1.29, 1.82) is 5.53 Å². The first kappa shape index (κ1) is 31.0. The number of amides is 1. The van der Waals surface area contributed by atoms with Crippen molar-refractivity contribution in [3.05, 3.63) is 161 Å². The number of hydrazone groups is 1. The van der Waals surface area contributed by atoms with Gasteiger partial charge in [0.1, 0.15) is 11.4 Å². The van der Waals surface area contributed by atoms with Gasteiger partial charge in [0.2, 0.25) is 0 Å². The topological polar surface area (TPSA) is 97.0 Å². The maximum atomic E-state index is 13.2. The molecule has 8 heteroatoms. The number of amidine groups is 1. The van der Waals surface area contributed by atoms with E-state index in [4.69, 9.17) is 15.6 Å². The van der Waals surface area contributed by atoms with Crippen LogP contribution in [0, 0.1) is 5.53 Å². The van der Waals surface area contributed by atoms with Gasteiger partial charge in [0, 0.05) is 37.1 Å². The molecular formula is C40H39N7O. The monoisotopic (exact) mass is 633 g/mol. The molecule has 5 aromatic rings. The standard InChI is InChI=1S/C40H39N7O/c41-43-37(44-45-40(33-15-5-1-6-16-33,34-17-7-2-8-18-34)35-19-9-3-10-20-35)30-21-23-36(24-22-30)47-27-13-14-31-28-32(29-42-38(31)47)39(48)46-25-11-4-12-26-46/h1-3,5-10,15-24,28-29,41,45H,4,11-14,25-27H2/b43-41?,44-37-. The second-order valence-electron chi connectivity index (χ2n) is 12.4. The zero-order chi connectivity index (χ0) is 32.8. The average molecular weight is 634 g/mol. The molecule has 0 bridgehead atoms. The van der Waals surface area contributed by atoms with E-state index in [2.05, 4.69) is 51.8 Å². The van der Waals surface area contributed by atoms with E-state index in [1.54, 1.807) is 6.20 Å². The van der Waals surface area contributed by atoms with Gasteiger partial charge in [0.25, 0.3) is 5.91 Å². The van der Waals surface area contributed by atoms with Crippen molar-refractivity contribution in [2.24, 2.45) is 10.2 Å². The van der Waals surface area contributed by atoms with Crippen LogP contribution < -0.4 is 10.3 Å². The number of carbonyl (C=O) groups is 1. The quantitative estimate of drug-likeness (QED) is 0.0594. The number of hydrogen-bond donors (Lipinski definition) is 2. The molecule has 2 aliphatic heterocycles. The van der Waals surface area contributed by atoms with Gasteiger partial charge in [0.15, 0.2) is 5.84 Å². The summed E-state index contributed by atoms with van der Waals surface area (Å²) in [4.78, 5) is 22.1. The minimum absolute atomic E-state index is 0.0851. The Bertz CT molecular complexity index is 1790. The number of benzene rings is 4. The summed E-state index contributed by atoms with van der Waals surface area (Å²) in [5.74, 6) is 1.25. The van der Waals surface area contributed by atoms with Crippen LogP contribution in [0.25, 0.3) is 0 Å². The molecule has 0 saturated carbocycles. The van der Waals surface area contributed by atoms with E-state index in [0.29, 0.717) is 5.56 Å². The minimum Gasteiger partial charge on any atom is -0.339 e. The van der Waals surface area contributed by atoms with Gasteiger partial charge in [-0.1, -0.05) is 91.0 Å². The van der Waals surface area contributed by atoms with E-state index in [-0.39, 0.29) is 11.7 Å². The number of aryl methyl sites for hydroxylation is 1. The van der Waals surface area contributed by atoms with E-state index < -0.39 is 5.54 Å². The fraction of sp³-hybridized carbons (Fsp3) is 0.225. The fourth-order valence-corrected chi connectivity index (χ4v) is 6.95. The van der Waals surface area contributed by atoms with Crippen molar-refractivity contribution >= 4 is 23.2 Å². The average Bonchev–Trinajstić information content (AvgIpc) is 3.17. The van der Waals surface area contributed by atoms with Crippen LogP contribution in [-0.2, 0) is 12.0 Å². The first-order valence-corrected chi connectivity index (χ1v) is 16.7. The summed E-state index contributed by atoms with van der Waals surface area (Å²) >= 11 is 0. The van der Waals surface area contributed by atoms with E-state index in [9.17, 15) is 4.79 Å². The van der Waals surface area contributed by atoms with Crippen molar-refractivity contribution in [3.8, 4) is 0 Å². The van der Waals surface area contributed by atoms with Crippen molar-refractivity contribution in [3.63, 3.8) is 0 Å². The zero-order valence-electron chi connectivity index (χ0n) is 26.9. The lowest BCUT2D eigenvalue weighted by Gasteiger charge is -2.35. The first-order valence-electron chi connectivity index (χ1n) is 16.7. The Hall–Kier alpha value is -5.63. The number of rotatable bonds is 8. The Balaban J connectivity index is 1.18. The maximum Gasteiger partial charge on any atom is 0.255 e. The molecule has 1 fully saturated rings. The number of carbonyl (C=O) groups excluding carboxylic acids is 1. The van der Waals surface area contributed by atoms with Crippen LogP contribution in [0.3, 0.4) is 0 Å². The molecule has 2 N–H and O–H groups in total. The zero-order valence-corrected chi connectivity index (χ0v) is 26.9. The number of fused-ring (bicyclic) bond motifs is 1. The molecule has 2 aliphatic rings. The molecule has 0 aliphatic carbocycles. The Morgan fingerprint density at radius 1 is 0.708 bits per heavy atom. The van der Waals surface area contributed by atoms with Crippen LogP contribution in [-0.4, -0.2) is 41.3 Å². The maximum absolute atomic E-state index is 13.2. The molecule has 0 radical (unpaired) electrons. The Labute approximate surface area is 281 Å². The van der Waals surface area contributed by atoms with Gasteiger partial charge in [-0.15, -0.1) is 5.11 Å². The van der Waals surface area contributed by atoms with Gasteiger partial charge >= 0.3 is 0 Å². The lowest BCUT2D eigenvalue weighted by atomic mass is 9.77. The number of nitrogens with one attached hydrogen (secondary N) is 2. The number of anilines is 2. The molecular weight excluding hydrogens is 594 g/mol. The van der Waals surface area contributed by atoms with Gasteiger partial charge in [-0.25, -0.2) is 10.5 Å². The predicted octanol–water partition coefficient (Wildman–Crippen LogP) is 8.07. The molecule has 48 heavy (non-hydrogen) atoms. The molecule has 1 saturated heterocycles. The molecule has 1 aromatic heterocycles. The van der Waals surface area contributed by atoms with Crippen molar-refractivity contribution in [2.45, 2.75) is 37.6 Å². The molecule has 0 spiro atoms. The van der Waals surface area contributed by atoms with Crippen LogP contribution in [0.5, 0.6) is 0 Å². The molecule has 1 amide bonds. The Morgan fingerprint density at radius 2 is 1.29 bits per heavy atom. The minimum atomic E-state index is -0.822. The number of nitrogens with zero attached hydrogens (tertiary/aromatic N) is 5. The van der Waals surface area contributed by atoms with E-state index >= 15 is 0 Å². The highest BCUT2D eigenvalue weighted by atomic mass is 16.2. The summed E-state index contributed by atoms with van der Waals surface area (Å²) < 4.78 is 0. The lowest BCUT2D eigenvalue weighted by molar-refractivity contribution is 0.0724. The summed E-state index contributed by atoms with van der Waals surface area (Å²) in [5, 5.41) is 8.67. The van der Waals surface area contributed by atoms with Crippen LogP contribution in [0.15, 0.2) is 138 Å². The largest absolute Gasteiger partial charge is 0.339 e. The van der Waals surface area contributed by atoms with Gasteiger partial charge in [-0.05, 0) is 84.7 Å². The second-order valence-corrected chi connectivity index (χ2v) is 12.4. The summed E-state index contributed by atoms with van der Waals surface area (Å²) in [7, 11) is 0. The second kappa shape index (κ2) is 14.0. The van der Waals surface area contributed by atoms with Crippen molar-refractivity contribution in [1.82, 2.24) is 15.3 Å². The van der Waals surface area contributed by atoms with Gasteiger partial charge in [-0.2, -0.15) is 5.10 Å². The summed E-state index contributed by atoms with van der Waals surface area (Å²) in [6.45, 7) is 2.48. The number of likely N-dealkylation sites (tertiary alicyclic amines) is 1. The van der Waals surface area contributed by atoms with E-state index in [1.165, 1.54) is 6.42 Å². The number of piperidine rings is 1. The fourth-order valence-electron chi connectivity index (χ4n) is 6.95. The molecule has 240 valence electrons. The molecule has 0 unspecified atom stereocenters. The van der Waals surface area contributed by atoms with Crippen molar-refractivity contribution < 1.29 is 4.79 Å². The Kier molecular flexibility index (Phi) is 9.05. The van der Waals surface area contributed by atoms with E-state index in [1.807, 2.05) is 89.8 Å². The summed E-state index contributed by atoms with van der Waals surface area (Å²) in [6, 6.07) is 40.7. The summed E-state index contributed by atoms with van der Waals surface area (Å²) in [5.41, 5.74) is 17.3. The highest BCUT2D eigenvalue weighted by Crippen LogP contribution is 2.37. The predicted molar refractivity (Wildman–Crippen MR) is 190 cm³/mol. The first-order chi connectivity index (χ1) is 23.7. The third kappa shape index (κ3) is 6.09. The highest BCUT2D eigenvalue weighted by molar-refractivity contribution is 5.99. The number of hydrogen-bond acceptors (Lipinski definition) is 6. The number of aromatic nitrogens is 1. The normalized spacial score (nSPS) is 15.0. The molecule has 0 atom stereocenters. The highest BCUT2D eigenvalue weighted by Gasteiger charge is 2.36. The molecule has 3 heterocycles. The smallest absolute Gasteiger partial charge is 0.255 e. The van der Waals surface area contributed by atoms with Crippen LogP contribution in [0.4, 0.5) is 11.5 Å². The lowest BCUT2D eigenvalue weighted by Crippen LogP contribution is -2.42. The number of pyridine rings is 1. The summed E-state index contributed by atoms with van der Waals surface area (Å²) in [6.07, 6.45) is 6.92. The molecule has 7 rings (SSSR count). The SMILES string of the molecule is N=N/C(=N\NC(c1ccccc1)(c1ccccc1)c1ccccc1)c1ccc(N2CCCc3cc(C(=O)N4CCCCC4)cnc32)cc1. The van der Waals surface area contributed by atoms with Gasteiger partial charge in [0.05, 0.1) is 5.56 Å². The van der Waals surface area contributed by atoms with Gasteiger partial charge in [-0.3, -0.25) is 10.2 Å². The van der Waals surface area contributed by atoms with Crippen LogP contribution in [0.2, 0.25) is 0 Å².